The van der Waals surface area contributed by atoms with E-state index in [1.54, 1.807) is 0 Å². The quantitative estimate of drug-likeness (QED) is 0.872. The number of benzene rings is 1. The summed E-state index contributed by atoms with van der Waals surface area (Å²) >= 11 is 0. The third kappa shape index (κ3) is 5.48. The van der Waals surface area contributed by atoms with E-state index in [-0.39, 0.29) is 5.91 Å². The standard InChI is InChI=1S/C19H27N3O/c1-16(13-17-5-3-2-4-6-17)14-21-9-11-22(12-10-21)15-19(23)20-18-7-8-18/h2-6,13,18H,7-12,14-15H2,1H3,(H,20,23)/b16-13+. The second kappa shape index (κ2) is 7.75. The van der Waals surface area contributed by atoms with E-state index >= 15 is 0 Å². The summed E-state index contributed by atoms with van der Waals surface area (Å²) < 4.78 is 0. The van der Waals surface area contributed by atoms with Crippen LogP contribution in [0.4, 0.5) is 0 Å². The highest BCUT2D eigenvalue weighted by atomic mass is 16.2. The number of nitrogens with zero attached hydrogens (tertiary/aromatic N) is 2. The predicted octanol–water partition coefficient (Wildman–Crippen LogP) is 1.99. The van der Waals surface area contributed by atoms with Gasteiger partial charge in [0, 0.05) is 38.8 Å². The molecule has 0 aromatic heterocycles. The molecule has 0 spiro atoms. The summed E-state index contributed by atoms with van der Waals surface area (Å²) in [5.74, 6) is 0.195. The zero-order valence-corrected chi connectivity index (χ0v) is 14.0. The second-order valence-corrected chi connectivity index (χ2v) is 6.80. The normalized spacial score (nSPS) is 20.5. The average molecular weight is 313 g/mol. The van der Waals surface area contributed by atoms with Crippen molar-refractivity contribution in [1.29, 1.82) is 0 Å². The molecule has 1 aliphatic carbocycles. The van der Waals surface area contributed by atoms with E-state index in [0.717, 1.165) is 45.6 Å². The minimum absolute atomic E-state index is 0.195. The van der Waals surface area contributed by atoms with Crippen LogP contribution in [0, 0.1) is 0 Å². The SMILES string of the molecule is C/C(=C\c1ccccc1)CN1CCN(CC(=O)NC2CC2)CC1. The number of nitrogens with one attached hydrogen (secondary N) is 1. The first-order chi connectivity index (χ1) is 11.2. The van der Waals surface area contributed by atoms with Crippen molar-refractivity contribution in [2.45, 2.75) is 25.8 Å². The Kier molecular flexibility index (Phi) is 5.47. The number of hydrogen-bond acceptors (Lipinski definition) is 3. The fourth-order valence-corrected chi connectivity index (χ4v) is 3.04. The van der Waals surface area contributed by atoms with Gasteiger partial charge in [-0.15, -0.1) is 0 Å². The van der Waals surface area contributed by atoms with Crippen molar-refractivity contribution >= 4 is 12.0 Å². The average Bonchev–Trinajstić information content (AvgIpc) is 3.34. The molecule has 1 saturated carbocycles. The van der Waals surface area contributed by atoms with Crippen LogP contribution in [0.25, 0.3) is 6.08 Å². The van der Waals surface area contributed by atoms with Gasteiger partial charge in [-0.05, 0) is 25.3 Å². The summed E-state index contributed by atoms with van der Waals surface area (Å²) in [6, 6.07) is 10.9. The topological polar surface area (TPSA) is 35.6 Å². The van der Waals surface area contributed by atoms with Gasteiger partial charge in [0.1, 0.15) is 0 Å². The summed E-state index contributed by atoms with van der Waals surface area (Å²) in [7, 11) is 0. The first-order valence-corrected chi connectivity index (χ1v) is 8.65. The Balaban J connectivity index is 1.40. The van der Waals surface area contributed by atoms with Gasteiger partial charge in [0.05, 0.1) is 6.54 Å². The molecular formula is C19H27N3O. The molecule has 3 rings (SSSR count). The Hall–Kier alpha value is -1.65. The lowest BCUT2D eigenvalue weighted by molar-refractivity contribution is -0.122. The third-order valence-corrected chi connectivity index (χ3v) is 4.46. The van der Waals surface area contributed by atoms with Crippen LogP contribution in [-0.2, 0) is 4.79 Å². The van der Waals surface area contributed by atoms with Gasteiger partial charge in [-0.25, -0.2) is 0 Å². The maximum atomic E-state index is 11.8. The molecule has 1 amide bonds. The number of amides is 1. The fraction of sp³-hybridized carbons (Fsp3) is 0.526. The van der Waals surface area contributed by atoms with Crippen molar-refractivity contribution in [3.05, 3.63) is 41.5 Å². The zero-order chi connectivity index (χ0) is 16.1. The van der Waals surface area contributed by atoms with Crippen LogP contribution >= 0.6 is 0 Å². The Morgan fingerprint density at radius 3 is 2.30 bits per heavy atom. The third-order valence-electron chi connectivity index (χ3n) is 4.46. The molecule has 1 heterocycles. The van der Waals surface area contributed by atoms with E-state index in [9.17, 15) is 4.79 Å². The molecule has 1 aromatic carbocycles. The highest BCUT2D eigenvalue weighted by Gasteiger charge is 2.25. The van der Waals surface area contributed by atoms with Gasteiger partial charge in [0.15, 0.2) is 0 Å². The van der Waals surface area contributed by atoms with Crippen LogP contribution in [0.1, 0.15) is 25.3 Å². The van der Waals surface area contributed by atoms with Gasteiger partial charge in [-0.1, -0.05) is 42.0 Å². The van der Waals surface area contributed by atoms with Gasteiger partial charge in [0.2, 0.25) is 5.91 Å². The monoisotopic (exact) mass is 313 g/mol. The van der Waals surface area contributed by atoms with Crippen LogP contribution in [-0.4, -0.2) is 61.0 Å². The Labute approximate surface area is 139 Å². The molecule has 1 aliphatic heterocycles. The number of carbonyl (C=O) groups is 1. The summed E-state index contributed by atoms with van der Waals surface area (Å²) in [6.45, 7) is 7.81. The van der Waals surface area contributed by atoms with Crippen molar-refractivity contribution in [1.82, 2.24) is 15.1 Å². The van der Waals surface area contributed by atoms with Crippen LogP contribution in [0.5, 0.6) is 0 Å². The van der Waals surface area contributed by atoms with Crippen LogP contribution < -0.4 is 5.32 Å². The molecule has 1 saturated heterocycles. The Morgan fingerprint density at radius 1 is 1.09 bits per heavy atom. The first kappa shape index (κ1) is 16.2. The second-order valence-electron chi connectivity index (χ2n) is 6.80. The molecule has 0 radical (unpaired) electrons. The summed E-state index contributed by atoms with van der Waals surface area (Å²) in [5.41, 5.74) is 2.65. The lowest BCUT2D eigenvalue weighted by atomic mass is 10.1. The molecule has 1 N–H and O–H groups in total. The maximum Gasteiger partial charge on any atom is 0.234 e. The number of rotatable bonds is 6. The molecule has 4 heteroatoms. The number of carbonyl (C=O) groups excluding carboxylic acids is 1. The summed E-state index contributed by atoms with van der Waals surface area (Å²) in [5, 5.41) is 3.07. The Morgan fingerprint density at radius 2 is 1.70 bits per heavy atom. The molecule has 0 atom stereocenters. The molecular weight excluding hydrogens is 286 g/mol. The van der Waals surface area contributed by atoms with E-state index in [2.05, 4.69) is 52.4 Å². The van der Waals surface area contributed by atoms with Crippen LogP contribution in [0.3, 0.4) is 0 Å². The van der Waals surface area contributed by atoms with E-state index in [1.807, 2.05) is 6.07 Å². The van der Waals surface area contributed by atoms with Crippen molar-refractivity contribution in [2.75, 3.05) is 39.3 Å². The van der Waals surface area contributed by atoms with E-state index in [4.69, 9.17) is 0 Å². The van der Waals surface area contributed by atoms with E-state index < -0.39 is 0 Å². The summed E-state index contributed by atoms with van der Waals surface area (Å²) in [6.07, 6.45) is 4.58. The molecule has 0 unspecified atom stereocenters. The van der Waals surface area contributed by atoms with Gasteiger partial charge < -0.3 is 5.32 Å². The molecule has 2 aliphatic rings. The number of hydrogen-bond donors (Lipinski definition) is 1. The van der Waals surface area contributed by atoms with Crippen LogP contribution in [0.15, 0.2) is 35.9 Å². The van der Waals surface area contributed by atoms with Crippen LogP contribution in [0.2, 0.25) is 0 Å². The van der Waals surface area contributed by atoms with E-state index in [1.165, 1.54) is 11.1 Å². The molecule has 2 fully saturated rings. The van der Waals surface area contributed by atoms with E-state index in [0.29, 0.717) is 12.6 Å². The smallest absolute Gasteiger partial charge is 0.234 e. The fourth-order valence-electron chi connectivity index (χ4n) is 3.04. The minimum atomic E-state index is 0.195. The van der Waals surface area contributed by atoms with Crippen molar-refractivity contribution in [2.24, 2.45) is 0 Å². The first-order valence-electron chi connectivity index (χ1n) is 8.65. The summed E-state index contributed by atoms with van der Waals surface area (Å²) in [4.78, 5) is 16.6. The lowest BCUT2D eigenvalue weighted by Crippen LogP contribution is -2.49. The van der Waals surface area contributed by atoms with Crippen molar-refractivity contribution in [3.8, 4) is 0 Å². The van der Waals surface area contributed by atoms with Gasteiger partial charge in [0.25, 0.3) is 0 Å². The van der Waals surface area contributed by atoms with Crippen molar-refractivity contribution in [3.63, 3.8) is 0 Å². The molecule has 23 heavy (non-hydrogen) atoms. The minimum Gasteiger partial charge on any atom is -0.352 e. The molecule has 1 aromatic rings. The van der Waals surface area contributed by atoms with Crippen molar-refractivity contribution < 1.29 is 4.79 Å². The highest BCUT2D eigenvalue weighted by Crippen LogP contribution is 2.18. The maximum absolute atomic E-state index is 11.8. The van der Waals surface area contributed by atoms with Gasteiger partial charge >= 0.3 is 0 Å². The van der Waals surface area contributed by atoms with Gasteiger partial charge in [-0.2, -0.15) is 0 Å². The molecule has 124 valence electrons. The highest BCUT2D eigenvalue weighted by molar-refractivity contribution is 5.78. The Bertz CT molecular complexity index is 543. The van der Waals surface area contributed by atoms with Gasteiger partial charge in [-0.3, -0.25) is 14.6 Å². The largest absolute Gasteiger partial charge is 0.352 e. The lowest BCUT2D eigenvalue weighted by Gasteiger charge is -2.34. The zero-order valence-electron chi connectivity index (χ0n) is 14.0. The molecule has 4 nitrogen and oxygen atoms in total. The molecule has 0 bridgehead atoms. The number of piperazine rings is 1. The predicted molar refractivity (Wildman–Crippen MR) is 94.1 cm³/mol.